The van der Waals surface area contributed by atoms with Gasteiger partial charge in [-0.15, -0.1) is 0 Å². The maximum atomic E-state index is 12.5. The van der Waals surface area contributed by atoms with Crippen molar-refractivity contribution in [2.75, 3.05) is 11.9 Å². The van der Waals surface area contributed by atoms with E-state index in [4.69, 9.17) is 10.5 Å². The summed E-state index contributed by atoms with van der Waals surface area (Å²) in [6.07, 6.45) is 5.10. The molecule has 1 aliphatic carbocycles. The number of anilines is 1. The van der Waals surface area contributed by atoms with Crippen LogP contribution in [0.15, 0.2) is 54.6 Å². The van der Waals surface area contributed by atoms with E-state index in [9.17, 15) is 4.79 Å². The lowest BCUT2D eigenvalue weighted by molar-refractivity contribution is -0.117. The highest BCUT2D eigenvalue weighted by Crippen LogP contribution is 2.25. The number of carbonyl (C=O) groups is 1. The number of nitrogens with one attached hydrogen (secondary N) is 1. The molecule has 1 fully saturated rings. The fraction of sp³-hybridized carbons (Fsp3) is 0.350. The summed E-state index contributed by atoms with van der Waals surface area (Å²) in [7, 11) is 0. The van der Waals surface area contributed by atoms with Gasteiger partial charge in [-0.2, -0.15) is 0 Å². The zero-order valence-electron chi connectivity index (χ0n) is 13.8. The molecule has 0 heterocycles. The summed E-state index contributed by atoms with van der Waals surface area (Å²) in [5.74, 6) is 0.423. The van der Waals surface area contributed by atoms with E-state index in [1.54, 1.807) is 0 Å². The van der Waals surface area contributed by atoms with Crippen LogP contribution < -0.4 is 15.8 Å². The summed E-state index contributed by atoms with van der Waals surface area (Å²) < 4.78 is 5.94. The van der Waals surface area contributed by atoms with Crippen LogP contribution in [0.1, 0.15) is 37.2 Å². The minimum atomic E-state index is -0.347. The number of ether oxygens (including phenoxy) is 1. The number of hydrogen-bond acceptors (Lipinski definition) is 3. The molecule has 0 aromatic heterocycles. The summed E-state index contributed by atoms with van der Waals surface area (Å²) in [6, 6.07) is 17.2. The molecule has 3 N–H and O–H groups in total. The molecule has 1 amide bonds. The first-order valence-electron chi connectivity index (χ1n) is 8.59. The molecule has 4 nitrogen and oxygen atoms in total. The van der Waals surface area contributed by atoms with Gasteiger partial charge in [-0.05, 0) is 55.5 Å². The van der Waals surface area contributed by atoms with Gasteiger partial charge in [0.1, 0.15) is 5.75 Å². The van der Waals surface area contributed by atoms with Crippen LogP contribution in [0.3, 0.4) is 0 Å². The van der Waals surface area contributed by atoms with Crippen molar-refractivity contribution in [3.05, 3.63) is 60.2 Å². The van der Waals surface area contributed by atoms with Crippen molar-refractivity contribution in [2.24, 2.45) is 5.73 Å². The van der Waals surface area contributed by atoms with Gasteiger partial charge in [-0.25, -0.2) is 0 Å². The van der Waals surface area contributed by atoms with Gasteiger partial charge in [0.25, 0.3) is 0 Å². The van der Waals surface area contributed by atoms with Crippen LogP contribution >= 0.6 is 0 Å². The molecule has 1 unspecified atom stereocenters. The first-order valence-corrected chi connectivity index (χ1v) is 8.59. The zero-order chi connectivity index (χ0) is 16.8. The van der Waals surface area contributed by atoms with Crippen LogP contribution in [-0.4, -0.2) is 18.6 Å². The molecule has 0 radical (unpaired) electrons. The van der Waals surface area contributed by atoms with Crippen LogP contribution in [0.4, 0.5) is 5.69 Å². The second kappa shape index (κ2) is 7.97. The molecule has 3 rings (SSSR count). The van der Waals surface area contributed by atoms with Crippen molar-refractivity contribution >= 4 is 11.6 Å². The number of nitrogens with two attached hydrogens (primary N) is 1. The van der Waals surface area contributed by atoms with Crippen molar-refractivity contribution < 1.29 is 9.53 Å². The number of benzene rings is 2. The molecule has 0 spiro atoms. The van der Waals surface area contributed by atoms with E-state index in [0.29, 0.717) is 6.10 Å². The maximum absolute atomic E-state index is 12.5. The first kappa shape index (κ1) is 16.5. The summed E-state index contributed by atoms with van der Waals surface area (Å²) in [6.45, 7) is 0.277. The van der Waals surface area contributed by atoms with Crippen LogP contribution in [0.5, 0.6) is 5.75 Å². The van der Waals surface area contributed by atoms with E-state index >= 15 is 0 Å². The smallest absolute Gasteiger partial charge is 0.233 e. The fourth-order valence-electron chi connectivity index (χ4n) is 3.12. The van der Waals surface area contributed by atoms with E-state index in [1.807, 2.05) is 54.6 Å². The Hall–Kier alpha value is -2.33. The number of hydrogen-bond donors (Lipinski definition) is 2. The molecule has 126 valence electrons. The molecule has 0 bridgehead atoms. The second-order valence-corrected chi connectivity index (χ2v) is 6.24. The summed E-state index contributed by atoms with van der Waals surface area (Å²) in [5.41, 5.74) is 7.48. The lowest BCUT2D eigenvalue weighted by Gasteiger charge is -2.16. The Balaban J connectivity index is 1.61. The van der Waals surface area contributed by atoms with E-state index in [0.717, 1.165) is 29.8 Å². The summed E-state index contributed by atoms with van der Waals surface area (Å²) in [5, 5.41) is 2.94. The average molecular weight is 324 g/mol. The molecule has 24 heavy (non-hydrogen) atoms. The Kier molecular flexibility index (Phi) is 5.49. The van der Waals surface area contributed by atoms with Gasteiger partial charge in [0, 0.05) is 12.2 Å². The SMILES string of the molecule is NCC(C(=O)Nc1ccc(OC2CCCC2)cc1)c1ccccc1. The molecule has 1 aliphatic rings. The van der Waals surface area contributed by atoms with Crippen LogP contribution in [-0.2, 0) is 4.79 Å². The highest BCUT2D eigenvalue weighted by molar-refractivity contribution is 5.96. The number of rotatable bonds is 6. The third-order valence-corrected chi connectivity index (χ3v) is 4.48. The molecule has 2 aromatic carbocycles. The minimum Gasteiger partial charge on any atom is -0.490 e. The lowest BCUT2D eigenvalue weighted by Crippen LogP contribution is -2.27. The van der Waals surface area contributed by atoms with E-state index in [-0.39, 0.29) is 18.4 Å². The Morgan fingerprint density at radius 3 is 2.38 bits per heavy atom. The second-order valence-electron chi connectivity index (χ2n) is 6.24. The van der Waals surface area contributed by atoms with Gasteiger partial charge in [0.15, 0.2) is 0 Å². The van der Waals surface area contributed by atoms with E-state index in [1.165, 1.54) is 12.8 Å². The van der Waals surface area contributed by atoms with Gasteiger partial charge in [0.2, 0.25) is 5.91 Å². The number of amides is 1. The van der Waals surface area contributed by atoms with Crippen LogP contribution in [0.25, 0.3) is 0 Å². The quantitative estimate of drug-likeness (QED) is 0.852. The average Bonchev–Trinajstić information content (AvgIpc) is 3.11. The lowest BCUT2D eigenvalue weighted by atomic mass is 9.98. The van der Waals surface area contributed by atoms with Crippen molar-refractivity contribution in [3.8, 4) is 5.75 Å². The highest BCUT2D eigenvalue weighted by atomic mass is 16.5. The summed E-state index contributed by atoms with van der Waals surface area (Å²) >= 11 is 0. The van der Waals surface area contributed by atoms with E-state index in [2.05, 4.69) is 5.32 Å². The van der Waals surface area contributed by atoms with Gasteiger partial charge in [0.05, 0.1) is 12.0 Å². The van der Waals surface area contributed by atoms with Crippen molar-refractivity contribution in [3.63, 3.8) is 0 Å². The molecule has 1 atom stereocenters. The Morgan fingerprint density at radius 1 is 1.08 bits per heavy atom. The number of carbonyl (C=O) groups excluding carboxylic acids is 1. The molecule has 0 aliphatic heterocycles. The van der Waals surface area contributed by atoms with Gasteiger partial charge >= 0.3 is 0 Å². The summed E-state index contributed by atoms with van der Waals surface area (Å²) in [4.78, 5) is 12.5. The molecular formula is C20H24N2O2. The zero-order valence-corrected chi connectivity index (χ0v) is 13.8. The first-order chi connectivity index (χ1) is 11.8. The normalized spacial score (nSPS) is 15.9. The van der Waals surface area contributed by atoms with Gasteiger partial charge in [-0.1, -0.05) is 30.3 Å². The molecular weight excluding hydrogens is 300 g/mol. The Morgan fingerprint density at radius 2 is 1.75 bits per heavy atom. The third-order valence-electron chi connectivity index (χ3n) is 4.48. The largest absolute Gasteiger partial charge is 0.490 e. The molecule has 1 saturated carbocycles. The predicted octanol–water partition coefficient (Wildman–Crippen LogP) is 3.69. The standard InChI is InChI=1S/C20H24N2O2/c21-14-19(15-6-2-1-3-7-15)20(23)22-16-10-12-18(13-11-16)24-17-8-4-5-9-17/h1-3,6-7,10-13,17,19H,4-5,8-9,14,21H2,(H,22,23). The minimum absolute atomic E-state index is 0.0897. The monoisotopic (exact) mass is 324 g/mol. The topological polar surface area (TPSA) is 64.4 Å². The molecule has 4 heteroatoms. The van der Waals surface area contributed by atoms with Crippen LogP contribution in [0, 0.1) is 0 Å². The third kappa shape index (κ3) is 4.15. The molecule has 0 saturated heterocycles. The van der Waals surface area contributed by atoms with Crippen LogP contribution in [0.2, 0.25) is 0 Å². The van der Waals surface area contributed by atoms with Crippen molar-refractivity contribution in [1.29, 1.82) is 0 Å². The van der Waals surface area contributed by atoms with E-state index < -0.39 is 0 Å². The van der Waals surface area contributed by atoms with Crippen molar-refractivity contribution in [1.82, 2.24) is 0 Å². The fourth-order valence-corrected chi connectivity index (χ4v) is 3.12. The Labute approximate surface area is 143 Å². The highest BCUT2D eigenvalue weighted by Gasteiger charge is 2.19. The Bertz CT molecular complexity index is 649. The maximum Gasteiger partial charge on any atom is 0.233 e. The van der Waals surface area contributed by atoms with Gasteiger partial charge < -0.3 is 15.8 Å². The van der Waals surface area contributed by atoms with Gasteiger partial charge in [-0.3, -0.25) is 4.79 Å². The predicted molar refractivity (Wildman–Crippen MR) is 96.2 cm³/mol. The van der Waals surface area contributed by atoms with Crippen molar-refractivity contribution in [2.45, 2.75) is 37.7 Å². The molecule has 2 aromatic rings.